The van der Waals surface area contributed by atoms with Crippen LogP contribution in [0, 0.1) is 0 Å². The van der Waals surface area contributed by atoms with Crippen LogP contribution in [-0.4, -0.2) is 89.1 Å². The fourth-order valence-corrected chi connectivity index (χ4v) is 3.01. The zero-order chi connectivity index (χ0) is 22.0. The Labute approximate surface area is 177 Å². The van der Waals surface area contributed by atoms with Crippen LogP contribution < -0.4 is 10.6 Å². The smallest absolute Gasteiger partial charge is 0.307 e. The topological polar surface area (TPSA) is 89.1 Å². The van der Waals surface area contributed by atoms with Gasteiger partial charge >= 0.3 is 5.97 Å². The third-order valence-electron chi connectivity index (χ3n) is 4.60. The minimum Gasteiger partial charge on any atom is -0.466 e. The number of amides is 1. The van der Waals surface area contributed by atoms with E-state index >= 15 is 0 Å². The zero-order valence-corrected chi connectivity index (χ0v) is 19.2. The lowest BCUT2D eigenvalue weighted by Crippen LogP contribution is -2.61. The monoisotopic (exact) mass is 417 g/mol. The second-order valence-electron chi connectivity index (χ2n) is 7.27. The van der Waals surface area contributed by atoms with Crippen molar-refractivity contribution in [1.82, 2.24) is 15.5 Å². The molecule has 172 valence electrons. The van der Waals surface area contributed by atoms with Crippen molar-refractivity contribution in [3.63, 3.8) is 0 Å². The Bertz CT molecular complexity index is 437. The van der Waals surface area contributed by atoms with Crippen molar-refractivity contribution in [2.24, 2.45) is 0 Å². The molecule has 1 unspecified atom stereocenters. The number of carbonyl (C=O) groups is 2. The predicted molar refractivity (Wildman–Crippen MR) is 115 cm³/mol. The fraction of sp³-hybridized carbons (Fsp3) is 0.905. The highest BCUT2D eigenvalue weighted by Gasteiger charge is 2.40. The summed E-state index contributed by atoms with van der Waals surface area (Å²) in [7, 11) is 3.45. The predicted octanol–water partition coefficient (Wildman–Crippen LogP) is 1.58. The molecule has 0 aromatic carbocycles. The quantitative estimate of drug-likeness (QED) is 0.244. The summed E-state index contributed by atoms with van der Waals surface area (Å²) in [6.45, 7) is 9.78. The van der Waals surface area contributed by atoms with Crippen molar-refractivity contribution >= 4 is 11.9 Å². The van der Waals surface area contributed by atoms with Gasteiger partial charge in [0.2, 0.25) is 5.91 Å². The van der Waals surface area contributed by atoms with Gasteiger partial charge in [0.25, 0.3) is 0 Å². The summed E-state index contributed by atoms with van der Waals surface area (Å²) in [5, 5.41) is 5.86. The van der Waals surface area contributed by atoms with Gasteiger partial charge in [0.05, 0.1) is 38.3 Å². The van der Waals surface area contributed by atoms with Crippen LogP contribution >= 0.6 is 0 Å². The fourth-order valence-electron chi connectivity index (χ4n) is 3.01. The van der Waals surface area contributed by atoms with Crippen molar-refractivity contribution in [3.8, 4) is 0 Å². The summed E-state index contributed by atoms with van der Waals surface area (Å²) in [6.07, 6.45) is 3.82. The number of hydrogen-bond acceptors (Lipinski definition) is 7. The highest BCUT2D eigenvalue weighted by atomic mass is 16.5. The Hall–Kier alpha value is -1.22. The summed E-state index contributed by atoms with van der Waals surface area (Å²) < 4.78 is 17.0. The summed E-state index contributed by atoms with van der Waals surface area (Å²) in [5.74, 6) is -0.394. The lowest BCUT2D eigenvalue weighted by atomic mass is 9.92. The number of nitrogens with one attached hydrogen (secondary N) is 2. The second kappa shape index (κ2) is 17.6. The van der Waals surface area contributed by atoms with Crippen molar-refractivity contribution in [2.45, 2.75) is 58.4 Å². The summed E-state index contributed by atoms with van der Waals surface area (Å²) in [5.41, 5.74) is -0.699. The average molecular weight is 418 g/mol. The van der Waals surface area contributed by atoms with Crippen LogP contribution in [0.4, 0.5) is 0 Å². The molecule has 0 radical (unpaired) electrons. The molecule has 0 saturated heterocycles. The zero-order valence-electron chi connectivity index (χ0n) is 19.2. The van der Waals surface area contributed by atoms with Crippen molar-refractivity contribution in [3.05, 3.63) is 0 Å². The van der Waals surface area contributed by atoms with E-state index in [9.17, 15) is 9.59 Å². The number of rotatable bonds is 19. The lowest BCUT2D eigenvalue weighted by molar-refractivity contribution is -0.150. The Morgan fingerprint density at radius 1 is 0.931 bits per heavy atom. The van der Waals surface area contributed by atoms with Crippen molar-refractivity contribution in [1.29, 1.82) is 0 Å². The van der Waals surface area contributed by atoms with E-state index in [1.807, 2.05) is 18.9 Å². The first kappa shape index (κ1) is 27.8. The highest BCUT2D eigenvalue weighted by Crippen LogP contribution is 2.22. The van der Waals surface area contributed by atoms with Crippen LogP contribution in [0.15, 0.2) is 0 Å². The van der Waals surface area contributed by atoms with E-state index in [2.05, 4.69) is 24.5 Å². The summed E-state index contributed by atoms with van der Waals surface area (Å²) in [6, 6.07) is 0. The second-order valence-corrected chi connectivity index (χ2v) is 7.27. The molecule has 1 amide bonds. The molecule has 0 heterocycles. The van der Waals surface area contributed by atoms with Gasteiger partial charge in [-0.2, -0.15) is 0 Å². The molecule has 0 aliphatic rings. The minimum absolute atomic E-state index is 0.114. The molecule has 0 fully saturated rings. The first-order valence-electron chi connectivity index (χ1n) is 10.9. The van der Waals surface area contributed by atoms with Crippen LogP contribution in [0.3, 0.4) is 0 Å². The Kier molecular flexibility index (Phi) is 16.9. The van der Waals surface area contributed by atoms with Gasteiger partial charge in [-0.25, -0.2) is 0 Å². The van der Waals surface area contributed by atoms with E-state index in [4.69, 9.17) is 14.2 Å². The van der Waals surface area contributed by atoms with Crippen LogP contribution in [0.1, 0.15) is 52.9 Å². The SMILES string of the molecule is CCCCOCC(CNC)(CC(=O)OCCC)N(CCOCCC)CC(=O)NC. The maximum atomic E-state index is 12.6. The standard InChI is InChI=1S/C21H43N3O5/c1-6-9-13-28-18-21(17-22-4,15-20(26)29-12-8-3)24(16-19(25)23-5)10-14-27-11-7-2/h22H,6-18H2,1-5H3,(H,23,25). The van der Waals surface area contributed by atoms with Crippen LogP contribution in [-0.2, 0) is 23.8 Å². The maximum absolute atomic E-state index is 12.6. The van der Waals surface area contributed by atoms with Gasteiger partial charge in [0.15, 0.2) is 0 Å². The Morgan fingerprint density at radius 2 is 1.66 bits per heavy atom. The van der Waals surface area contributed by atoms with E-state index in [0.717, 1.165) is 25.7 Å². The van der Waals surface area contributed by atoms with Gasteiger partial charge in [0.1, 0.15) is 0 Å². The number of unbranched alkanes of at least 4 members (excludes halogenated alkanes) is 1. The molecule has 0 bridgehead atoms. The molecule has 8 nitrogen and oxygen atoms in total. The number of carbonyl (C=O) groups excluding carboxylic acids is 2. The molecule has 29 heavy (non-hydrogen) atoms. The molecule has 2 N–H and O–H groups in total. The van der Waals surface area contributed by atoms with Gasteiger partial charge in [-0.1, -0.05) is 27.2 Å². The molecular weight excluding hydrogens is 374 g/mol. The number of ether oxygens (including phenoxy) is 3. The van der Waals surface area contributed by atoms with Crippen LogP contribution in [0.2, 0.25) is 0 Å². The average Bonchev–Trinajstić information content (AvgIpc) is 2.71. The van der Waals surface area contributed by atoms with Gasteiger partial charge < -0.3 is 24.8 Å². The summed E-state index contributed by atoms with van der Waals surface area (Å²) >= 11 is 0. The largest absolute Gasteiger partial charge is 0.466 e. The molecule has 0 saturated carbocycles. The maximum Gasteiger partial charge on any atom is 0.307 e. The summed E-state index contributed by atoms with van der Waals surface area (Å²) in [4.78, 5) is 26.8. The molecule has 8 heteroatoms. The molecule has 0 aliphatic carbocycles. The van der Waals surface area contributed by atoms with E-state index in [0.29, 0.717) is 46.1 Å². The number of likely N-dealkylation sites (N-methyl/N-ethyl adjacent to an activating group) is 2. The third-order valence-corrected chi connectivity index (χ3v) is 4.60. The van der Waals surface area contributed by atoms with E-state index in [1.54, 1.807) is 7.05 Å². The van der Waals surface area contributed by atoms with E-state index in [1.165, 1.54) is 0 Å². The Morgan fingerprint density at radius 3 is 2.24 bits per heavy atom. The van der Waals surface area contributed by atoms with Crippen LogP contribution in [0.5, 0.6) is 0 Å². The van der Waals surface area contributed by atoms with E-state index in [-0.39, 0.29) is 24.8 Å². The first-order valence-corrected chi connectivity index (χ1v) is 10.9. The normalized spacial score (nSPS) is 13.3. The Balaban J connectivity index is 5.57. The van der Waals surface area contributed by atoms with Crippen molar-refractivity contribution < 1.29 is 23.8 Å². The molecule has 1 atom stereocenters. The van der Waals surface area contributed by atoms with Crippen molar-refractivity contribution in [2.75, 3.05) is 66.8 Å². The highest BCUT2D eigenvalue weighted by molar-refractivity contribution is 5.78. The van der Waals surface area contributed by atoms with Crippen LogP contribution in [0.25, 0.3) is 0 Å². The molecule has 0 aromatic rings. The number of nitrogens with zero attached hydrogens (tertiary/aromatic N) is 1. The third kappa shape index (κ3) is 12.2. The van der Waals surface area contributed by atoms with Gasteiger partial charge in [0, 0.05) is 33.4 Å². The molecular formula is C21H43N3O5. The molecule has 0 spiro atoms. The lowest BCUT2D eigenvalue weighted by Gasteiger charge is -2.43. The van der Waals surface area contributed by atoms with Gasteiger partial charge in [-0.15, -0.1) is 0 Å². The minimum atomic E-state index is -0.699. The van der Waals surface area contributed by atoms with Gasteiger partial charge in [-0.05, 0) is 26.3 Å². The molecule has 0 aliphatic heterocycles. The number of hydrogen-bond donors (Lipinski definition) is 2. The molecule has 0 aromatic heterocycles. The first-order chi connectivity index (χ1) is 14.0. The molecule has 0 rings (SSSR count). The van der Waals surface area contributed by atoms with E-state index < -0.39 is 5.54 Å². The van der Waals surface area contributed by atoms with Gasteiger partial charge in [-0.3, -0.25) is 14.5 Å². The number of esters is 1.